The average Bonchev–Trinajstić information content (AvgIpc) is 3.54. The minimum absolute atomic E-state index is 0.0281. The second-order valence-corrected chi connectivity index (χ2v) is 10.8. The molecule has 226 valence electrons. The smallest absolute Gasteiger partial charge is 0.291 e. The lowest BCUT2D eigenvalue weighted by molar-refractivity contribution is 0.0510. The normalized spacial score (nSPS) is 11.2. The van der Waals surface area contributed by atoms with Crippen LogP contribution < -0.4 is 14.8 Å². The zero-order valence-corrected chi connectivity index (χ0v) is 24.9. The molecule has 0 unspecified atom stereocenters. The van der Waals surface area contributed by atoms with Crippen LogP contribution in [0.2, 0.25) is 0 Å². The number of benzene rings is 6. The second kappa shape index (κ2) is 12.6. The standard InChI is InChI=1S/C38H29N3O5/c1-44-23-46-36-27(21-42)20-26-11-3-5-14-30(26)35(36)34-29-13-4-2-10-25(29)17-18-33(34)45-22-24-9-8-12-28(19-24)39-38(43)37-40-31-15-6-7-16-32(31)41-37/h2-21H,22-23H2,1H3,(H,39,43)(H,40,41). The van der Waals surface area contributed by atoms with Crippen LogP contribution in [0.15, 0.2) is 115 Å². The lowest BCUT2D eigenvalue weighted by Crippen LogP contribution is -2.13. The van der Waals surface area contributed by atoms with E-state index in [1.54, 1.807) is 7.11 Å². The molecule has 0 saturated heterocycles. The third-order valence-electron chi connectivity index (χ3n) is 7.80. The number of anilines is 1. The zero-order valence-electron chi connectivity index (χ0n) is 24.9. The van der Waals surface area contributed by atoms with Crippen LogP contribution in [0.25, 0.3) is 43.7 Å². The number of H-pyrrole nitrogens is 1. The van der Waals surface area contributed by atoms with E-state index < -0.39 is 0 Å². The van der Waals surface area contributed by atoms with Gasteiger partial charge in [0.05, 0.1) is 16.6 Å². The molecule has 0 fully saturated rings. The van der Waals surface area contributed by atoms with Gasteiger partial charge in [-0.15, -0.1) is 0 Å². The highest BCUT2D eigenvalue weighted by Crippen LogP contribution is 2.47. The van der Waals surface area contributed by atoms with E-state index in [4.69, 9.17) is 14.2 Å². The molecular weight excluding hydrogens is 578 g/mol. The summed E-state index contributed by atoms with van der Waals surface area (Å²) < 4.78 is 17.9. The summed E-state index contributed by atoms with van der Waals surface area (Å²) in [6, 6.07) is 36.7. The molecule has 0 aliphatic rings. The number of carbonyl (C=O) groups excluding carboxylic acids is 2. The topological polar surface area (TPSA) is 103 Å². The van der Waals surface area contributed by atoms with Crippen LogP contribution in [0.4, 0.5) is 5.69 Å². The van der Waals surface area contributed by atoms with Gasteiger partial charge in [0.1, 0.15) is 18.1 Å². The van der Waals surface area contributed by atoms with E-state index in [1.165, 1.54) is 0 Å². The number of carbonyl (C=O) groups is 2. The van der Waals surface area contributed by atoms with Crippen LogP contribution in [0.5, 0.6) is 11.5 Å². The molecule has 46 heavy (non-hydrogen) atoms. The van der Waals surface area contributed by atoms with Crippen LogP contribution in [0.3, 0.4) is 0 Å². The van der Waals surface area contributed by atoms with Crippen molar-refractivity contribution < 1.29 is 23.8 Å². The first-order valence-corrected chi connectivity index (χ1v) is 14.8. The van der Waals surface area contributed by atoms with Gasteiger partial charge in [0.2, 0.25) is 0 Å². The minimum atomic E-state index is -0.336. The first-order valence-electron chi connectivity index (χ1n) is 14.8. The molecule has 0 saturated carbocycles. The summed E-state index contributed by atoms with van der Waals surface area (Å²) in [5.41, 5.74) is 4.95. The van der Waals surface area contributed by atoms with Gasteiger partial charge in [0.25, 0.3) is 5.91 Å². The highest BCUT2D eigenvalue weighted by molar-refractivity contribution is 6.12. The van der Waals surface area contributed by atoms with Gasteiger partial charge in [0, 0.05) is 23.9 Å². The van der Waals surface area contributed by atoms with E-state index in [9.17, 15) is 9.59 Å². The number of rotatable bonds is 10. The third-order valence-corrected chi connectivity index (χ3v) is 7.80. The van der Waals surface area contributed by atoms with E-state index in [1.807, 2.05) is 115 Å². The number of nitrogens with one attached hydrogen (secondary N) is 2. The molecule has 1 heterocycles. The number of aromatic amines is 1. The molecular formula is C38H29N3O5. The van der Waals surface area contributed by atoms with E-state index in [0.29, 0.717) is 22.7 Å². The number of hydrogen-bond acceptors (Lipinski definition) is 6. The first kappa shape index (κ1) is 28.8. The summed E-state index contributed by atoms with van der Waals surface area (Å²) in [5.74, 6) is 0.939. The van der Waals surface area contributed by atoms with E-state index in [-0.39, 0.29) is 25.1 Å². The van der Waals surface area contributed by atoms with Gasteiger partial charge in [-0.25, -0.2) is 4.98 Å². The number of aromatic nitrogens is 2. The minimum Gasteiger partial charge on any atom is -0.488 e. The van der Waals surface area contributed by atoms with Crippen molar-refractivity contribution in [2.75, 3.05) is 19.2 Å². The number of imidazole rings is 1. The first-order chi connectivity index (χ1) is 22.6. The van der Waals surface area contributed by atoms with E-state index in [2.05, 4.69) is 15.3 Å². The maximum Gasteiger partial charge on any atom is 0.291 e. The predicted molar refractivity (Wildman–Crippen MR) is 180 cm³/mol. The molecule has 0 aliphatic carbocycles. The SMILES string of the molecule is COCOc1c(C=O)cc2ccccc2c1-c1c(OCc2cccc(NC(=O)c3nc4ccccc4[nH]3)c2)ccc2ccccc12. The Bertz CT molecular complexity index is 2210. The number of ether oxygens (including phenoxy) is 3. The van der Waals surface area contributed by atoms with Crippen molar-refractivity contribution in [3.8, 4) is 22.6 Å². The molecule has 0 aliphatic heterocycles. The summed E-state index contributed by atoms with van der Waals surface area (Å²) >= 11 is 0. The maximum atomic E-state index is 13.0. The van der Waals surface area contributed by atoms with Crippen molar-refractivity contribution in [2.24, 2.45) is 0 Å². The molecule has 0 atom stereocenters. The predicted octanol–water partition coefficient (Wildman–Crippen LogP) is 8.16. The Labute approximate surface area is 264 Å². The van der Waals surface area contributed by atoms with Crippen molar-refractivity contribution in [2.45, 2.75) is 6.61 Å². The molecule has 0 radical (unpaired) electrons. The quantitative estimate of drug-likeness (QED) is 0.120. The highest BCUT2D eigenvalue weighted by Gasteiger charge is 2.22. The molecule has 7 rings (SSSR count). The molecule has 6 aromatic carbocycles. The van der Waals surface area contributed by atoms with Crippen LogP contribution in [-0.2, 0) is 11.3 Å². The Morgan fingerprint density at radius 3 is 2.37 bits per heavy atom. The van der Waals surface area contributed by atoms with Crippen molar-refractivity contribution in [3.05, 3.63) is 132 Å². The largest absolute Gasteiger partial charge is 0.488 e. The van der Waals surface area contributed by atoms with Gasteiger partial charge in [0.15, 0.2) is 18.9 Å². The number of para-hydroxylation sites is 2. The third kappa shape index (κ3) is 5.53. The molecule has 7 aromatic rings. The van der Waals surface area contributed by atoms with Crippen LogP contribution in [-0.4, -0.2) is 36.1 Å². The number of fused-ring (bicyclic) bond motifs is 3. The van der Waals surface area contributed by atoms with Crippen molar-refractivity contribution in [1.82, 2.24) is 9.97 Å². The van der Waals surface area contributed by atoms with Crippen molar-refractivity contribution in [1.29, 1.82) is 0 Å². The number of methoxy groups -OCH3 is 1. The fourth-order valence-corrected chi connectivity index (χ4v) is 5.74. The number of amides is 1. The lowest BCUT2D eigenvalue weighted by atomic mass is 9.90. The average molecular weight is 608 g/mol. The summed E-state index contributed by atoms with van der Waals surface area (Å²) in [7, 11) is 1.54. The Hall–Kier alpha value is -5.99. The number of nitrogens with zero attached hydrogens (tertiary/aromatic N) is 1. The molecule has 0 spiro atoms. The Morgan fingerprint density at radius 1 is 0.804 bits per heavy atom. The molecule has 2 N–H and O–H groups in total. The Kier molecular flexibility index (Phi) is 7.85. The zero-order chi connectivity index (χ0) is 31.5. The van der Waals surface area contributed by atoms with Crippen LogP contribution in [0, 0.1) is 0 Å². The molecule has 1 amide bonds. The monoisotopic (exact) mass is 607 g/mol. The van der Waals surface area contributed by atoms with Crippen molar-refractivity contribution >= 4 is 50.5 Å². The number of hydrogen-bond donors (Lipinski definition) is 2. The van der Waals surface area contributed by atoms with Crippen LogP contribution >= 0.6 is 0 Å². The molecule has 1 aromatic heterocycles. The Morgan fingerprint density at radius 2 is 1.57 bits per heavy atom. The van der Waals surface area contributed by atoms with E-state index in [0.717, 1.165) is 55.6 Å². The van der Waals surface area contributed by atoms with Gasteiger partial charge < -0.3 is 24.5 Å². The fourth-order valence-electron chi connectivity index (χ4n) is 5.74. The van der Waals surface area contributed by atoms with Crippen molar-refractivity contribution in [3.63, 3.8) is 0 Å². The number of aldehydes is 1. The van der Waals surface area contributed by atoms with Gasteiger partial charge in [-0.3, -0.25) is 9.59 Å². The maximum absolute atomic E-state index is 13.0. The summed E-state index contributed by atoms with van der Waals surface area (Å²) in [6.45, 7) is 0.193. The lowest BCUT2D eigenvalue weighted by Gasteiger charge is -2.21. The highest BCUT2D eigenvalue weighted by atomic mass is 16.7. The fraction of sp³-hybridized carbons (Fsp3) is 0.0789. The van der Waals surface area contributed by atoms with E-state index >= 15 is 0 Å². The van der Waals surface area contributed by atoms with Gasteiger partial charge in [-0.05, 0) is 63.5 Å². The summed E-state index contributed by atoms with van der Waals surface area (Å²) in [6.07, 6.45) is 0.803. The molecule has 0 bridgehead atoms. The van der Waals surface area contributed by atoms with Gasteiger partial charge in [-0.2, -0.15) is 0 Å². The molecule has 8 heteroatoms. The van der Waals surface area contributed by atoms with Crippen LogP contribution in [0.1, 0.15) is 26.5 Å². The van der Waals surface area contributed by atoms with Gasteiger partial charge >= 0.3 is 0 Å². The van der Waals surface area contributed by atoms with Gasteiger partial charge in [-0.1, -0.05) is 78.9 Å². The molecule has 8 nitrogen and oxygen atoms in total. The second-order valence-electron chi connectivity index (χ2n) is 10.8. The summed E-state index contributed by atoms with van der Waals surface area (Å²) in [4.78, 5) is 32.8. The Balaban J connectivity index is 1.26. The summed E-state index contributed by atoms with van der Waals surface area (Å²) in [5, 5.41) is 6.70.